The van der Waals surface area contributed by atoms with Gasteiger partial charge in [-0.1, -0.05) is 0 Å². The van der Waals surface area contributed by atoms with Gasteiger partial charge in [-0.2, -0.15) is 0 Å². The van der Waals surface area contributed by atoms with Gasteiger partial charge in [-0.3, -0.25) is 9.59 Å². The number of carbonyl (C=O) groups excluding carboxylic acids is 2. The van der Waals surface area contributed by atoms with Crippen LogP contribution in [0.2, 0.25) is 0 Å². The fourth-order valence-corrected chi connectivity index (χ4v) is 2.41. The molecule has 0 atom stereocenters. The average Bonchev–Trinajstić information content (AvgIpc) is 3.20. The molecule has 7 nitrogen and oxygen atoms in total. The van der Waals surface area contributed by atoms with Gasteiger partial charge in [0, 0.05) is 24.9 Å². The van der Waals surface area contributed by atoms with E-state index in [0.717, 1.165) is 0 Å². The lowest BCUT2D eigenvalue weighted by Crippen LogP contribution is -2.42. The molecule has 0 aliphatic carbocycles. The van der Waals surface area contributed by atoms with Gasteiger partial charge in [-0.15, -0.1) is 0 Å². The number of nitrogens with one attached hydrogen (secondary N) is 1. The van der Waals surface area contributed by atoms with Crippen molar-refractivity contribution in [1.29, 1.82) is 0 Å². The van der Waals surface area contributed by atoms with Gasteiger partial charge in [0.2, 0.25) is 5.91 Å². The zero-order valence-electron chi connectivity index (χ0n) is 14.2. The van der Waals surface area contributed by atoms with Crippen LogP contribution >= 0.6 is 0 Å². The van der Waals surface area contributed by atoms with E-state index < -0.39 is 0 Å². The smallest absolute Gasteiger partial charge is 0.260 e. The van der Waals surface area contributed by atoms with Gasteiger partial charge in [-0.25, -0.2) is 0 Å². The van der Waals surface area contributed by atoms with Crippen molar-refractivity contribution in [2.75, 3.05) is 38.2 Å². The Morgan fingerprint density at radius 3 is 2.62 bits per heavy atom. The van der Waals surface area contributed by atoms with Crippen LogP contribution < -0.4 is 10.1 Å². The maximum absolute atomic E-state index is 12.0. The number of furan rings is 1. The van der Waals surface area contributed by atoms with Crippen molar-refractivity contribution in [2.45, 2.75) is 0 Å². The first kappa shape index (κ1) is 17.8. The summed E-state index contributed by atoms with van der Waals surface area (Å²) in [5, 5.41) is 2.74. The molecular weight excluding hydrogens is 336 g/mol. The number of hydrogen-bond donors (Lipinski definition) is 1. The van der Waals surface area contributed by atoms with Crippen molar-refractivity contribution >= 4 is 23.6 Å². The third kappa shape index (κ3) is 5.22. The molecule has 2 amide bonds. The van der Waals surface area contributed by atoms with Gasteiger partial charge in [0.05, 0.1) is 19.5 Å². The average molecular weight is 356 g/mol. The summed E-state index contributed by atoms with van der Waals surface area (Å²) in [6, 6.07) is 10.4. The minimum Gasteiger partial charge on any atom is -0.484 e. The van der Waals surface area contributed by atoms with Crippen molar-refractivity contribution < 1.29 is 23.5 Å². The summed E-state index contributed by atoms with van der Waals surface area (Å²) in [5.41, 5.74) is 0.631. The first-order valence-electron chi connectivity index (χ1n) is 8.32. The first-order chi connectivity index (χ1) is 12.7. The molecule has 0 bridgehead atoms. The van der Waals surface area contributed by atoms with E-state index in [1.165, 1.54) is 6.08 Å². The lowest BCUT2D eigenvalue weighted by atomic mass is 10.3. The molecule has 0 saturated carbocycles. The summed E-state index contributed by atoms with van der Waals surface area (Å²) in [5.74, 6) is 0.843. The molecule has 2 aromatic rings. The highest BCUT2D eigenvalue weighted by Crippen LogP contribution is 2.16. The van der Waals surface area contributed by atoms with Crippen molar-refractivity contribution in [2.24, 2.45) is 0 Å². The van der Waals surface area contributed by atoms with Crippen LogP contribution in [-0.2, 0) is 14.3 Å². The molecule has 1 fully saturated rings. The highest BCUT2D eigenvalue weighted by Gasteiger charge is 2.17. The van der Waals surface area contributed by atoms with E-state index in [2.05, 4.69) is 5.32 Å². The predicted molar refractivity (Wildman–Crippen MR) is 95.7 cm³/mol. The molecule has 0 unspecified atom stereocenters. The summed E-state index contributed by atoms with van der Waals surface area (Å²) in [4.78, 5) is 25.6. The Kier molecular flexibility index (Phi) is 6.05. The Labute approximate surface area is 151 Å². The molecule has 1 aliphatic heterocycles. The molecule has 1 N–H and O–H groups in total. The molecule has 136 valence electrons. The van der Waals surface area contributed by atoms with Crippen molar-refractivity contribution in [3.05, 3.63) is 54.5 Å². The Morgan fingerprint density at radius 1 is 1.15 bits per heavy atom. The first-order valence-corrected chi connectivity index (χ1v) is 8.32. The Balaban J connectivity index is 1.45. The summed E-state index contributed by atoms with van der Waals surface area (Å²) in [6.45, 7) is 2.30. The maximum Gasteiger partial charge on any atom is 0.260 e. The monoisotopic (exact) mass is 356 g/mol. The highest BCUT2D eigenvalue weighted by atomic mass is 16.5. The minimum absolute atomic E-state index is 0.0163. The Hall–Kier alpha value is -3.06. The molecule has 1 aromatic heterocycles. The van der Waals surface area contributed by atoms with E-state index in [-0.39, 0.29) is 18.4 Å². The standard InChI is InChI=1S/C19H20N2O5/c22-18(8-7-16-2-1-11-25-16)20-15-3-5-17(6-4-15)26-14-19(23)21-9-12-24-13-10-21/h1-8,11H,9-10,12-14H2,(H,20,22)/b8-7-. The molecular formula is C19H20N2O5. The second-order valence-corrected chi connectivity index (χ2v) is 5.64. The normalized spacial score (nSPS) is 14.4. The van der Waals surface area contributed by atoms with Gasteiger partial charge in [0.15, 0.2) is 6.61 Å². The van der Waals surface area contributed by atoms with E-state index in [4.69, 9.17) is 13.9 Å². The van der Waals surface area contributed by atoms with Crippen LogP contribution in [0.3, 0.4) is 0 Å². The lowest BCUT2D eigenvalue weighted by molar-refractivity contribution is -0.137. The van der Waals surface area contributed by atoms with E-state index >= 15 is 0 Å². The number of carbonyl (C=O) groups is 2. The molecule has 1 saturated heterocycles. The van der Waals surface area contributed by atoms with Crippen molar-refractivity contribution in [3.63, 3.8) is 0 Å². The number of nitrogens with zero attached hydrogens (tertiary/aromatic N) is 1. The van der Waals surface area contributed by atoms with Crippen LogP contribution in [0.15, 0.2) is 53.2 Å². The molecule has 3 rings (SSSR count). The van der Waals surface area contributed by atoms with Crippen molar-refractivity contribution in [3.8, 4) is 5.75 Å². The number of morpholine rings is 1. The number of anilines is 1. The largest absolute Gasteiger partial charge is 0.484 e. The second-order valence-electron chi connectivity index (χ2n) is 5.64. The molecule has 0 radical (unpaired) electrons. The van der Waals surface area contributed by atoms with Gasteiger partial charge >= 0.3 is 0 Å². The third-order valence-electron chi connectivity index (χ3n) is 3.79. The Morgan fingerprint density at radius 2 is 1.92 bits per heavy atom. The number of amides is 2. The van der Waals surface area contributed by atoms with E-state index in [1.807, 2.05) is 0 Å². The van der Waals surface area contributed by atoms with Crippen LogP contribution in [0, 0.1) is 0 Å². The Bertz CT molecular complexity index is 747. The molecule has 0 spiro atoms. The second kappa shape index (κ2) is 8.87. The summed E-state index contributed by atoms with van der Waals surface area (Å²) < 4.78 is 15.8. The summed E-state index contributed by atoms with van der Waals surface area (Å²) >= 11 is 0. The van der Waals surface area contributed by atoms with Gasteiger partial charge in [-0.05, 0) is 42.5 Å². The quantitative estimate of drug-likeness (QED) is 0.803. The summed E-state index contributed by atoms with van der Waals surface area (Å²) in [7, 11) is 0. The minimum atomic E-state index is -0.266. The number of hydrogen-bond acceptors (Lipinski definition) is 5. The highest BCUT2D eigenvalue weighted by molar-refractivity contribution is 6.01. The number of ether oxygens (including phenoxy) is 2. The van der Waals surface area contributed by atoms with Crippen LogP contribution in [0.1, 0.15) is 5.76 Å². The fraction of sp³-hybridized carbons (Fsp3) is 0.263. The van der Waals surface area contributed by atoms with Crippen LogP contribution in [-0.4, -0.2) is 49.6 Å². The topological polar surface area (TPSA) is 81.0 Å². The zero-order valence-corrected chi connectivity index (χ0v) is 14.2. The van der Waals surface area contributed by atoms with Crippen molar-refractivity contribution in [1.82, 2.24) is 4.90 Å². The predicted octanol–water partition coefficient (Wildman–Crippen LogP) is 2.17. The molecule has 7 heteroatoms. The van der Waals surface area contributed by atoms with E-state index in [0.29, 0.717) is 43.5 Å². The molecule has 2 heterocycles. The molecule has 26 heavy (non-hydrogen) atoms. The fourth-order valence-electron chi connectivity index (χ4n) is 2.41. The molecule has 1 aliphatic rings. The van der Waals surface area contributed by atoms with E-state index in [9.17, 15) is 9.59 Å². The van der Waals surface area contributed by atoms with Gasteiger partial charge in [0.25, 0.3) is 5.91 Å². The maximum atomic E-state index is 12.0. The molecule has 1 aromatic carbocycles. The number of rotatable bonds is 6. The third-order valence-corrected chi connectivity index (χ3v) is 3.79. The lowest BCUT2D eigenvalue weighted by Gasteiger charge is -2.26. The number of benzene rings is 1. The van der Waals surface area contributed by atoms with E-state index in [1.54, 1.807) is 53.6 Å². The summed E-state index contributed by atoms with van der Waals surface area (Å²) in [6.07, 6.45) is 4.52. The SMILES string of the molecule is O=C(/C=C\c1ccco1)Nc1ccc(OCC(=O)N2CCOCC2)cc1. The van der Waals surface area contributed by atoms with Crippen LogP contribution in [0.4, 0.5) is 5.69 Å². The zero-order chi connectivity index (χ0) is 18.2. The van der Waals surface area contributed by atoms with Crippen LogP contribution in [0.25, 0.3) is 6.08 Å². The van der Waals surface area contributed by atoms with Gasteiger partial charge < -0.3 is 24.1 Å². The van der Waals surface area contributed by atoms with Crippen LogP contribution in [0.5, 0.6) is 5.75 Å². The van der Waals surface area contributed by atoms with Gasteiger partial charge in [0.1, 0.15) is 11.5 Å².